The summed E-state index contributed by atoms with van der Waals surface area (Å²) in [5.74, 6) is 0.726. The molecule has 1 N–H and O–H groups in total. The van der Waals surface area contributed by atoms with Crippen molar-refractivity contribution < 1.29 is 9.21 Å². The van der Waals surface area contributed by atoms with Crippen LogP contribution in [0.4, 0.5) is 0 Å². The van der Waals surface area contributed by atoms with Crippen LogP contribution < -0.4 is 5.32 Å². The molecule has 0 bridgehead atoms. The van der Waals surface area contributed by atoms with Crippen molar-refractivity contribution >= 4 is 17.5 Å². The number of oxazole rings is 1. The third-order valence-corrected chi connectivity index (χ3v) is 2.13. The molecule has 0 unspecified atom stereocenters. The molecule has 1 amide bonds. The van der Waals surface area contributed by atoms with E-state index in [2.05, 4.69) is 10.3 Å². The maximum Gasteiger partial charge on any atom is 0.207 e. The highest BCUT2D eigenvalue weighted by Gasteiger charge is 2.03. The summed E-state index contributed by atoms with van der Waals surface area (Å²) in [5, 5.41) is 2.60. The first-order valence-corrected chi connectivity index (χ1v) is 4.91. The topological polar surface area (TPSA) is 55.1 Å². The van der Waals surface area contributed by atoms with Crippen LogP contribution in [0.1, 0.15) is 12.3 Å². The average molecular weight is 204 g/mol. The molecule has 2 aromatic rings. The van der Waals surface area contributed by atoms with Gasteiger partial charge in [0.15, 0.2) is 11.5 Å². The van der Waals surface area contributed by atoms with Crippen molar-refractivity contribution in [2.45, 2.75) is 12.8 Å². The smallest absolute Gasteiger partial charge is 0.207 e. The minimum atomic E-state index is 0.655. The van der Waals surface area contributed by atoms with Crippen molar-refractivity contribution in [3.63, 3.8) is 0 Å². The number of hydrogen-bond acceptors (Lipinski definition) is 3. The second-order valence-corrected chi connectivity index (χ2v) is 3.25. The summed E-state index contributed by atoms with van der Waals surface area (Å²) in [6, 6.07) is 7.68. The van der Waals surface area contributed by atoms with Crippen molar-refractivity contribution in [2.24, 2.45) is 0 Å². The van der Waals surface area contributed by atoms with Gasteiger partial charge in [0, 0.05) is 13.0 Å². The molecule has 2 rings (SSSR count). The van der Waals surface area contributed by atoms with Gasteiger partial charge in [0.25, 0.3) is 0 Å². The van der Waals surface area contributed by atoms with Gasteiger partial charge < -0.3 is 9.73 Å². The zero-order chi connectivity index (χ0) is 10.5. The predicted octanol–water partition coefficient (Wildman–Crippen LogP) is 1.51. The Morgan fingerprint density at radius 3 is 3.07 bits per heavy atom. The second kappa shape index (κ2) is 4.59. The molecule has 1 heterocycles. The van der Waals surface area contributed by atoms with Crippen LogP contribution in [0.15, 0.2) is 28.7 Å². The Hall–Kier alpha value is -1.84. The van der Waals surface area contributed by atoms with Crippen molar-refractivity contribution in [3.8, 4) is 0 Å². The van der Waals surface area contributed by atoms with Crippen LogP contribution in [0.2, 0.25) is 0 Å². The molecule has 0 atom stereocenters. The molecule has 78 valence electrons. The number of fused-ring (bicyclic) bond motifs is 1. The first-order valence-electron chi connectivity index (χ1n) is 4.91. The van der Waals surface area contributed by atoms with Gasteiger partial charge in [-0.15, -0.1) is 0 Å². The normalized spacial score (nSPS) is 10.4. The summed E-state index contributed by atoms with van der Waals surface area (Å²) in [4.78, 5) is 14.3. The molecule has 0 saturated carbocycles. The van der Waals surface area contributed by atoms with Gasteiger partial charge in [-0.2, -0.15) is 0 Å². The molecule has 4 nitrogen and oxygen atoms in total. The SMILES string of the molecule is O=CNCCCc1nc2ccccc2o1. The van der Waals surface area contributed by atoms with Crippen LogP contribution in [0.25, 0.3) is 11.1 Å². The second-order valence-electron chi connectivity index (χ2n) is 3.25. The Kier molecular flexibility index (Phi) is 2.97. The number of hydrogen-bond donors (Lipinski definition) is 1. The van der Waals surface area contributed by atoms with E-state index in [9.17, 15) is 4.79 Å². The Balaban J connectivity index is 1.99. The number of aryl methyl sites for hydroxylation is 1. The molecular formula is C11H12N2O2. The highest BCUT2D eigenvalue weighted by atomic mass is 16.3. The third-order valence-electron chi connectivity index (χ3n) is 2.13. The van der Waals surface area contributed by atoms with Gasteiger partial charge in [0.1, 0.15) is 5.52 Å². The largest absolute Gasteiger partial charge is 0.441 e. The molecule has 0 radical (unpaired) electrons. The summed E-state index contributed by atoms with van der Waals surface area (Å²) in [6.07, 6.45) is 2.28. The van der Waals surface area contributed by atoms with Crippen LogP contribution >= 0.6 is 0 Å². The summed E-state index contributed by atoms with van der Waals surface area (Å²) in [6.45, 7) is 0.655. The van der Waals surface area contributed by atoms with E-state index in [0.717, 1.165) is 29.8 Å². The number of nitrogens with one attached hydrogen (secondary N) is 1. The van der Waals surface area contributed by atoms with E-state index in [-0.39, 0.29) is 0 Å². The standard InChI is InChI=1S/C11H12N2O2/c14-8-12-7-3-6-11-13-9-4-1-2-5-10(9)15-11/h1-2,4-5,8H,3,6-7H2,(H,12,14). The fourth-order valence-corrected chi connectivity index (χ4v) is 1.43. The first kappa shape index (κ1) is 9.71. The molecule has 4 heteroatoms. The number of nitrogens with zero attached hydrogens (tertiary/aromatic N) is 1. The van der Waals surface area contributed by atoms with E-state index >= 15 is 0 Å². The molecule has 1 aromatic carbocycles. The lowest BCUT2D eigenvalue weighted by atomic mass is 10.3. The van der Waals surface area contributed by atoms with Crippen molar-refractivity contribution in [1.29, 1.82) is 0 Å². The van der Waals surface area contributed by atoms with Gasteiger partial charge in [-0.3, -0.25) is 4.79 Å². The molecule has 0 aliphatic heterocycles. The quantitative estimate of drug-likeness (QED) is 0.593. The van der Waals surface area contributed by atoms with E-state index in [4.69, 9.17) is 4.42 Å². The van der Waals surface area contributed by atoms with Crippen molar-refractivity contribution in [3.05, 3.63) is 30.2 Å². The van der Waals surface area contributed by atoms with Gasteiger partial charge in [0.05, 0.1) is 0 Å². The minimum Gasteiger partial charge on any atom is -0.441 e. The van der Waals surface area contributed by atoms with Gasteiger partial charge in [-0.1, -0.05) is 12.1 Å². The van der Waals surface area contributed by atoms with E-state index in [1.807, 2.05) is 24.3 Å². The molecule has 15 heavy (non-hydrogen) atoms. The van der Waals surface area contributed by atoms with Crippen molar-refractivity contribution in [2.75, 3.05) is 6.54 Å². The summed E-state index contributed by atoms with van der Waals surface area (Å²) in [5.41, 5.74) is 1.70. The Labute approximate surface area is 87.3 Å². The Morgan fingerprint density at radius 1 is 1.40 bits per heavy atom. The van der Waals surface area contributed by atoms with Crippen LogP contribution in [-0.4, -0.2) is 17.9 Å². The number of rotatable bonds is 5. The van der Waals surface area contributed by atoms with Crippen LogP contribution in [0.5, 0.6) is 0 Å². The number of benzene rings is 1. The first-order chi connectivity index (χ1) is 7.40. The van der Waals surface area contributed by atoms with Gasteiger partial charge in [0.2, 0.25) is 6.41 Å². The maximum absolute atomic E-state index is 10.0. The number of aromatic nitrogens is 1. The van der Waals surface area contributed by atoms with Gasteiger partial charge in [-0.05, 0) is 18.6 Å². The van der Waals surface area contributed by atoms with Gasteiger partial charge in [-0.25, -0.2) is 4.98 Å². The molecule has 0 aliphatic carbocycles. The maximum atomic E-state index is 10.0. The lowest BCUT2D eigenvalue weighted by molar-refractivity contribution is -0.109. The number of para-hydroxylation sites is 2. The Morgan fingerprint density at radius 2 is 2.27 bits per heavy atom. The summed E-state index contributed by atoms with van der Waals surface area (Å²) >= 11 is 0. The molecule has 0 saturated heterocycles. The molecule has 0 spiro atoms. The lowest BCUT2D eigenvalue weighted by Gasteiger charge is -1.94. The highest BCUT2D eigenvalue weighted by Crippen LogP contribution is 2.15. The lowest BCUT2D eigenvalue weighted by Crippen LogP contribution is -2.12. The van der Waals surface area contributed by atoms with Gasteiger partial charge >= 0.3 is 0 Å². The van der Waals surface area contributed by atoms with Crippen LogP contribution in [-0.2, 0) is 11.2 Å². The summed E-state index contributed by atoms with van der Waals surface area (Å²) < 4.78 is 5.52. The monoisotopic (exact) mass is 204 g/mol. The van der Waals surface area contributed by atoms with E-state index in [0.29, 0.717) is 13.0 Å². The number of amides is 1. The van der Waals surface area contributed by atoms with E-state index in [1.54, 1.807) is 0 Å². The average Bonchev–Trinajstić information content (AvgIpc) is 2.67. The van der Waals surface area contributed by atoms with E-state index < -0.39 is 0 Å². The predicted molar refractivity (Wildman–Crippen MR) is 56.4 cm³/mol. The zero-order valence-corrected chi connectivity index (χ0v) is 8.27. The zero-order valence-electron chi connectivity index (χ0n) is 8.27. The fraction of sp³-hybridized carbons (Fsp3) is 0.273. The Bertz CT molecular complexity index is 418. The highest BCUT2D eigenvalue weighted by molar-refractivity contribution is 5.72. The van der Waals surface area contributed by atoms with Crippen LogP contribution in [0, 0.1) is 0 Å². The summed E-state index contributed by atoms with van der Waals surface area (Å²) in [7, 11) is 0. The molecule has 0 fully saturated rings. The van der Waals surface area contributed by atoms with Crippen LogP contribution in [0.3, 0.4) is 0 Å². The third kappa shape index (κ3) is 2.34. The number of carbonyl (C=O) groups excluding carboxylic acids is 1. The van der Waals surface area contributed by atoms with E-state index in [1.165, 1.54) is 0 Å². The minimum absolute atomic E-state index is 0.655. The fourth-order valence-electron chi connectivity index (χ4n) is 1.43. The molecule has 1 aromatic heterocycles. The molecule has 0 aliphatic rings. The number of carbonyl (C=O) groups is 1. The molecular weight excluding hydrogens is 192 g/mol. The van der Waals surface area contributed by atoms with Crippen molar-refractivity contribution in [1.82, 2.24) is 10.3 Å².